The first kappa shape index (κ1) is 14.3. The first-order chi connectivity index (χ1) is 7.84. The van der Waals surface area contributed by atoms with E-state index in [0.29, 0.717) is 12.1 Å². The summed E-state index contributed by atoms with van der Waals surface area (Å²) >= 11 is 0. The molecule has 0 fully saturated rings. The smallest absolute Gasteiger partial charge is 0.213 e. The van der Waals surface area contributed by atoms with Crippen LogP contribution in [0.25, 0.3) is 0 Å². The van der Waals surface area contributed by atoms with Crippen LogP contribution in [-0.4, -0.2) is 13.9 Å². The van der Waals surface area contributed by atoms with Crippen LogP contribution in [0.1, 0.15) is 45.9 Å². The van der Waals surface area contributed by atoms with E-state index in [-0.39, 0.29) is 10.8 Å². The lowest BCUT2D eigenvalue weighted by Gasteiger charge is -2.23. The van der Waals surface area contributed by atoms with Crippen LogP contribution in [0.4, 0.5) is 4.39 Å². The Hall–Kier alpha value is -0.810. The van der Waals surface area contributed by atoms with Gasteiger partial charge in [-0.25, -0.2) is 13.9 Å². The first-order valence-corrected chi connectivity index (χ1v) is 6.80. The normalized spacial score (nSPS) is 15.6. The Morgan fingerprint density at radius 3 is 2.59 bits per heavy atom. The average molecular weight is 258 g/mol. The summed E-state index contributed by atoms with van der Waals surface area (Å²) in [6.07, 6.45) is 0.707. The van der Waals surface area contributed by atoms with Crippen LogP contribution < -0.4 is 4.72 Å². The molecule has 0 aliphatic heterocycles. The molecule has 0 aliphatic carbocycles. The molecule has 1 rings (SSSR count). The third-order valence-electron chi connectivity index (χ3n) is 2.31. The van der Waals surface area contributed by atoms with Crippen LogP contribution in [0.15, 0.2) is 18.2 Å². The molecule has 2 atom stereocenters. The largest absolute Gasteiger partial charge is 0.242 e. The molecular weight excluding hydrogens is 239 g/mol. The zero-order valence-electron chi connectivity index (χ0n) is 10.7. The molecule has 0 bridgehead atoms. The Morgan fingerprint density at radius 1 is 1.47 bits per heavy atom. The SMILES string of the molecule is CC[C@H](NS(=O)C(C)(C)C)c1cccc(F)n1. The molecule has 0 amide bonds. The van der Waals surface area contributed by atoms with Gasteiger partial charge in [0.2, 0.25) is 5.95 Å². The molecule has 0 aliphatic rings. The Kier molecular flexibility index (Phi) is 4.77. The summed E-state index contributed by atoms with van der Waals surface area (Å²) < 4.78 is 27.6. The maximum Gasteiger partial charge on any atom is 0.213 e. The van der Waals surface area contributed by atoms with E-state index < -0.39 is 16.9 Å². The van der Waals surface area contributed by atoms with Crippen molar-refractivity contribution >= 4 is 11.0 Å². The number of aromatic nitrogens is 1. The highest BCUT2D eigenvalue weighted by Gasteiger charge is 2.23. The van der Waals surface area contributed by atoms with Gasteiger partial charge in [0, 0.05) is 0 Å². The van der Waals surface area contributed by atoms with Crippen LogP contribution in [0.5, 0.6) is 0 Å². The van der Waals surface area contributed by atoms with Gasteiger partial charge in [-0.15, -0.1) is 0 Å². The molecule has 96 valence electrons. The third-order valence-corrected chi connectivity index (χ3v) is 3.92. The highest BCUT2D eigenvalue weighted by molar-refractivity contribution is 7.84. The second-order valence-electron chi connectivity index (χ2n) is 4.84. The lowest BCUT2D eigenvalue weighted by Crippen LogP contribution is -2.35. The third kappa shape index (κ3) is 4.16. The summed E-state index contributed by atoms with van der Waals surface area (Å²) in [4.78, 5) is 3.82. The van der Waals surface area contributed by atoms with Gasteiger partial charge in [-0.05, 0) is 39.3 Å². The monoisotopic (exact) mass is 258 g/mol. The molecule has 1 aromatic heterocycles. The van der Waals surface area contributed by atoms with Gasteiger partial charge in [-0.2, -0.15) is 4.39 Å². The molecule has 1 unspecified atom stereocenters. The van der Waals surface area contributed by atoms with Crippen molar-refractivity contribution in [1.82, 2.24) is 9.71 Å². The number of halogens is 1. The summed E-state index contributed by atoms with van der Waals surface area (Å²) in [7, 11) is -1.19. The van der Waals surface area contributed by atoms with Gasteiger partial charge in [-0.3, -0.25) is 0 Å². The van der Waals surface area contributed by atoms with E-state index in [9.17, 15) is 8.60 Å². The summed E-state index contributed by atoms with van der Waals surface area (Å²) in [6.45, 7) is 7.62. The Labute approximate surface area is 104 Å². The summed E-state index contributed by atoms with van der Waals surface area (Å²) in [5, 5.41) is 0. The molecule has 3 nitrogen and oxygen atoms in total. The number of hydrogen-bond acceptors (Lipinski definition) is 2. The highest BCUT2D eigenvalue weighted by atomic mass is 32.2. The molecule has 1 N–H and O–H groups in total. The Balaban J connectivity index is 2.83. The van der Waals surface area contributed by atoms with E-state index in [1.54, 1.807) is 12.1 Å². The number of nitrogens with zero attached hydrogens (tertiary/aromatic N) is 1. The molecule has 0 saturated heterocycles. The molecule has 1 aromatic rings. The van der Waals surface area contributed by atoms with E-state index in [1.807, 2.05) is 27.7 Å². The van der Waals surface area contributed by atoms with Crippen molar-refractivity contribution in [3.8, 4) is 0 Å². The van der Waals surface area contributed by atoms with Crippen molar-refractivity contribution in [2.24, 2.45) is 0 Å². The zero-order valence-corrected chi connectivity index (χ0v) is 11.5. The van der Waals surface area contributed by atoms with Crippen LogP contribution >= 0.6 is 0 Å². The fraction of sp³-hybridized carbons (Fsp3) is 0.583. The van der Waals surface area contributed by atoms with E-state index in [4.69, 9.17) is 0 Å². The minimum atomic E-state index is -1.19. The fourth-order valence-corrected chi connectivity index (χ4v) is 2.18. The van der Waals surface area contributed by atoms with Gasteiger partial charge in [-0.1, -0.05) is 13.0 Å². The number of pyridine rings is 1. The Bertz CT molecular complexity index is 404. The van der Waals surface area contributed by atoms with Crippen molar-refractivity contribution in [3.63, 3.8) is 0 Å². The summed E-state index contributed by atoms with van der Waals surface area (Å²) in [5.74, 6) is -0.510. The van der Waals surface area contributed by atoms with Crippen LogP contribution in [0.2, 0.25) is 0 Å². The average Bonchev–Trinajstić information content (AvgIpc) is 2.24. The van der Waals surface area contributed by atoms with Gasteiger partial charge < -0.3 is 0 Å². The van der Waals surface area contributed by atoms with E-state index in [1.165, 1.54) is 6.07 Å². The lowest BCUT2D eigenvalue weighted by molar-refractivity contribution is 0.542. The quantitative estimate of drug-likeness (QED) is 0.844. The summed E-state index contributed by atoms with van der Waals surface area (Å²) in [6, 6.07) is 4.47. The van der Waals surface area contributed by atoms with Crippen LogP contribution in [0, 0.1) is 5.95 Å². The van der Waals surface area contributed by atoms with Crippen LogP contribution in [-0.2, 0) is 11.0 Å². The van der Waals surface area contributed by atoms with E-state index in [2.05, 4.69) is 9.71 Å². The maximum atomic E-state index is 13.0. The molecular formula is C12H19FN2OS. The predicted molar refractivity (Wildman–Crippen MR) is 68.3 cm³/mol. The molecule has 17 heavy (non-hydrogen) atoms. The molecule has 0 saturated carbocycles. The van der Waals surface area contributed by atoms with Crippen LogP contribution in [0.3, 0.4) is 0 Å². The minimum Gasteiger partial charge on any atom is -0.242 e. The van der Waals surface area contributed by atoms with E-state index >= 15 is 0 Å². The Morgan fingerprint density at radius 2 is 2.12 bits per heavy atom. The van der Waals surface area contributed by atoms with Crippen molar-refractivity contribution in [1.29, 1.82) is 0 Å². The zero-order chi connectivity index (χ0) is 13.1. The minimum absolute atomic E-state index is 0.189. The number of nitrogens with one attached hydrogen (secondary N) is 1. The number of hydrogen-bond donors (Lipinski definition) is 1. The van der Waals surface area contributed by atoms with Gasteiger partial charge in [0.1, 0.15) is 0 Å². The molecule has 5 heteroatoms. The number of rotatable bonds is 4. The van der Waals surface area contributed by atoms with Crippen molar-refractivity contribution in [3.05, 3.63) is 29.8 Å². The molecule has 1 heterocycles. The van der Waals surface area contributed by atoms with E-state index in [0.717, 1.165) is 0 Å². The highest BCUT2D eigenvalue weighted by Crippen LogP contribution is 2.18. The van der Waals surface area contributed by atoms with Gasteiger partial charge >= 0.3 is 0 Å². The summed E-state index contributed by atoms with van der Waals surface area (Å²) in [5.41, 5.74) is 0.588. The fourth-order valence-electron chi connectivity index (χ4n) is 1.28. The second kappa shape index (κ2) is 5.69. The topological polar surface area (TPSA) is 42.0 Å². The molecule has 0 aromatic carbocycles. The molecule has 0 spiro atoms. The van der Waals surface area contributed by atoms with Gasteiger partial charge in [0.15, 0.2) is 0 Å². The second-order valence-corrected chi connectivity index (χ2v) is 6.84. The van der Waals surface area contributed by atoms with Gasteiger partial charge in [0.25, 0.3) is 0 Å². The standard InChI is InChI=1S/C12H19FN2OS/c1-5-9(15-17(16)12(2,3)4)10-7-6-8-11(13)14-10/h6-9,15H,5H2,1-4H3/t9-,17?/m0/s1. The predicted octanol–water partition coefficient (Wildman–Crippen LogP) is 2.72. The first-order valence-electron chi connectivity index (χ1n) is 5.65. The lowest BCUT2D eigenvalue weighted by atomic mass is 10.1. The molecule has 0 radical (unpaired) electrons. The van der Waals surface area contributed by atoms with Crippen molar-refractivity contribution < 1.29 is 8.60 Å². The van der Waals surface area contributed by atoms with Crippen molar-refractivity contribution in [2.75, 3.05) is 0 Å². The van der Waals surface area contributed by atoms with Gasteiger partial charge in [0.05, 0.1) is 27.5 Å². The van der Waals surface area contributed by atoms with Crippen molar-refractivity contribution in [2.45, 2.75) is 44.9 Å². The maximum absolute atomic E-state index is 13.0.